The molecule has 1 saturated heterocycles. The average Bonchev–Trinajstić information content (AvgIpc) is 4.04. The van der Waals surface area contributed by atoms with Crippen molar-refractivity contribution in [2.75, 3.05) is 36.6 Å². The number of rotatable bonds is 20. The van der Waals surface area contributed by atoms with Crippen LogP contribution in [-0.4, -0.2) is 102 Å². The van der Waals surface area contributed by atoms with Crippen molar-refractivity contribution in [3.8, 4) is 11.3 Å². The molecule has 0 aliphatic carbocycles. The maximum atomic E-state index is 13.5. The van der Waals surface area contributed by atoms with E-state index in [0.717, 1.165) is 52.6 Å². The molecule has 2 atom stereocenters. The minimum absolute atomic E-state index is 0.0351. The second kappa shape index (κ2) is 20.6. The lowest BCUT2D eigenvalue weighted by molar-refractivity contribution is -0.136. The van der Waals surface area contributed by atoms with Crippen LogP contribution in [-0.2, 0) is 35.8 Å². The van der Waals surface area contributed by atoms with Gasteiger partial charge in [0.25, 0.3) is 29.5 Å². The molecule has 0 spiro atoms. The summed E-state index contributed by atoms with van der Waals surface area (Å²) in [7, 11) is -3.63. The van der Waals surface area contributed by atoms with Gasteiger partial charge in [0.15, 0.2) is 5.13 Å². The summed E-state index contributed by atoms with van der Waals surface area (Å²) in [5, 5.41) is 15.9. The fraction of sp³-hybridized carbons (Fsp3) is 0.289. The molecule has 20 heteroatoms. The minimum Gasteiger partial charge on any atom is -0.385 e. The lowest BCUT2D eigenvalue weighted by Crippen LogP contribution is -2.54. The van der Waals surface area contributed by atoms with Crippen molar-refractivity contribution in [2.45, 2.75) is 57.2 Å². The molecule has 2 aliphatic rings. The lowest BCUT2D eigenvalue weighted by atomic mass is 10.0. The summed E-state index contributed by atoms with van der Waals surface area (Å²) in [6.07, 6.45) is 6.87. The standard InChI is InChI=1S/C45H46N8O10S2/c1-65(61,62)52-22-19-31(24-52)40(56)48-35(41(57)51-45-49-36(27-64-45)29-9-5-4-6-10-29)26-63-25-28-11-13-30(14-12-28)39(55)47-21-8-3-2-7-20-46-32-15-16-33-34(23-32)44(60)53(43(33)59)37-17-18-38(54)50-42(37)58/h4-6,9-16,19,22-24,27,35,37,46H,2-3,7-8,17-18,20-21,25-26H2,1H3,(H,47,55)(H,48,56)(H,49,51,57)(H,50,54,58)/t35-,37?/m0/s1. The molecule has 2 aliphatic heterocycles. The van der Waals surface area contributed by atoms with Gasteiger partial charge in [0.2, 0.25) is 21.8 Å². The Labute approximate surface area is 378 Å². The zero-order valence-electron chi connectivity index (χ0n) is 35.2. The number of nitrogens with one attached hydrogen (secondary N) is 5. The molecule has 1 unspecified atom stereocenters. The fourth-order valence-corrected chi connectivity index (χ4v) is 8.48. The number of ether oxygens (including phenoxy) is 1. The first-order valence-electron chi connectivity index (χ1n) is 20.8. The summed E-state index contributed by atoms with van der Waals surface area (Å²) in [5.74, 6) is -3.69. The number of fused-ring (bicyclic) bond motifs is 1. The van der Waals surface area contributed by atoms with Crippen molar-refractivity contribution in [3.63, 3.8) is 0 Å². The topological polar surface area (TPSA) is 244 Å². The van der Waals surface area contributed by atoms with Crippen molar-refractivity contribution in [3.05, 3.63) is 124 Å². The number of carbonyl (C=O) groups excluding carboxylic acids is 7. The van der Waals surface area contributed by atoms with Gasteiger partial charge in [0.05, 0.1) is 41.9 Å². The zero-order chi connectivity index (χ0) is 46.1. The van der Waals surface area contributed by atoms with Gasteiger partial charge in [0.1, 0.15) is 12.1 Å². The fourth-order valence-electron chi connectivity index (χ4n) is 7.18. The van der Waals surface area contributed by atoms with Crippen molar-refractivity contribution in [2.24, 2.45) is 0 Å². The van der Waals surface area contributed by atoms with Gasteiger partial charge in [-0.25, -0.2) is 13.4 Å². The molecule has 0 bridgehead atoms. The summed E-state index contributed by atoms with van der Waals surface area (Å²) in [6, 6.07) is 20.2. The number of hydrogen-bond acceptors (Lipinski definition) is 13. The van der Waals surface area contributed by atoms with Crippen LogP contribution in [0.2, 0.25) is 0 Å². The third kappa shape index (κ3) is 11.6. The zero-order valence-corrected chi connectivity index (χ0v) is 36.8. The summed E-state index contributed by atoms with van der Waals surface area (Å²) in [5.41, 5.74) is 3.85. The monoisotopic (exact) mass is 922 g/mol. The molecule has 4 heterocycles. The van der Waals surface area contributed by atoms with E-state index in [-0.39, 0.29) is 48.7 Å². The van der Waals surface area contributed by atoms with Gasteiger partial charge in [-0.15, -0.1) is 11.3 Å². The van der Waals surface area contributed by atoms with E-state index in [1.165, 1.54) is 23.6 Å². The molecule has 2 aromatic heterocycles. The van der Waals surface area contributed by atoms with E-state index in [9.17, 15) is 42.0 Å². The number of unbranched alkanes of at least 4 members (excludes halogenated alkanes) is 3. The van der Waals surface area contributed by atoms with E-state index in [0.29, 0.717) is 40.7 Å². The van der Waals surface area contributed by atoms with E-state index < -0.39 is 57.6 Å². The van der Waals surface area contributed by atoms with E-state index >= 15 is 0 Å². The summed E-state index contributed by atoms with van der Waals surface area (Å²) in [6.45, 7) is 0.922. The highest BCUT2D eigenvalue weighted by Gasteiger charge is 2.44. The number of nitrogens with zero attached hydrogens (tertiary/aromatic N) is 3. The van der Waals surface area contributed by atoms with E-state index in [1.807, 2.05) is 30.3 Å². The first-order chi connectivity index (χ1) is 31.2. The first-order valence-corrected chi connectivity index (χ1v) is 23.5. The Morgan fingerprint density at radius 2 is 1.62 bits per heavy atom. The SMILES string of the molecule is CS(=O)(=O)n1ccc(C(=O)N[C@@H](COCc2ccc(C(=O)NCCCCCCNc3ccc4c(c3)C(=O)N(C3CCC(=O)NC3=O)C4=O)cc2)C(=O)Nc2nc(-c3ccccc3)cs2)c1. The number of carbonyl (C=O) groups is 7. The predicted molar refractivity (Wildman–Crippen MR) is 241 cm³/mol. The van der Waals surface area contributed by atoms with Crippen LogP contribution in [0.3, 0.4) is 0 Å². The Morgan fingerprint density at radius 1 is 0.877 bits per heavy atom. The van der Waals surface area contributed by atoms with Gasteiger partial charge in [-0.2, -0.15) is 0 Å². The second-order valence-electron chi connectivity index (χ2n) is 15.4. The van der Waals surface area contributed by atoms with Crippen LogP contribution in [0.25, 0.3) is 11.3 Å². The molecule has 0 radical (unpaired) electrons. The number of anilines is 2. The summed E-state index contributed by atoms with van der Waals surface area (Å²) >= 11 is 1.22. The highest BCUT2D eigenvalue weighted by molar-refractivity contribution is 7.89. The summed E-state index contributed by atoms with van der Waals surface area (Å²) in [4.78, 5) is 94.8. The van der Waals surface area contributed by atoms with E-state index in [1.54, 1.807) is 47.8 Å². The summed E-state index contributed by atoms with van der Waals surface area (Å²) < 4.78 is 30.7. The second-order valence-corrected chi connectivity index (χ2v) is 18.2. The van der Waals surface area contributed by atoms with Gasteiger partial charge in [-0.05, 0) is 61.2 Å². The maximum absolute atomic E-state index is 13.5. The number of aromatic nitrogens is 2. The van der Waals surface area contributed by atoms with Crippen molar-refractivity contribution < 1.29 is 46.7 Å². The molecule has 7 rings (SSSR count). The Morgan fingerprint density at radius 3 is 2.34 bits per heavy atom. The van der Waals surface area contributed by atoms with Gasteiger partial charge >= 0.3 is 0 Å². The van der Waals surface area contributed by atoms with Crippen LogP contribution in [0, 0.1) is 0 Å². The van der Waals surface area contributed by atoms with Crippen LogP contribution < -0.4 is 26.6 Å². The molecule has 3 aromatic carbocycles. The number of benzene rings is 3. The largest absolute Gasteiger partial charge is 0.385 e. The van der Waals surface area contributed by atoms with E-state index in [2.05, 4.69) is 31.6 Å². The normalized spacial score (nSPS) is 15.3. The maximum Gasteiger partial charge on any atom is 0.262 e. The number of imide groups is 2. The lowest BCUT2D eigenvalue weighted by Gasteiger charge is -2.27. The van der Waals surface area contributed by atoms with Crippen molar-refractivity contribution in [1.29, 1.82) is 0 Å². The molecule has 0 saturated carbocycles. The number of piperidine rings is 1. The molecule has 7 amide bonds. The molecule has 1 fully saturated rings. The Bertz CT molecular complexity index is 2720. The Balaban J connectivity index is 0.824. The van der Waals surface area contributed by atoms with Crippen molar-refractivity contribution >= 4 is 73.5 Å². The molecule has 5 aromatic rings. The van der Waals surface area contributed by atoms with Crippen molar-refractivity contribution in [1.82, 2.24) is 29.8 Å². The van der Waals surface area contributed by atoms with Gasteiger partial charge < -0.3 is 26.0 Å². The highest BCUT2D eigenvalue weighted by atomic mass is 32.2. The molecular weight excluding hydrogens is 877 g/mol. The quantitative estimate of drug-likeness (QED) is 0.0546. The van der Waals surface area contributed by atoms with Crippen LogP contribution in [0.5, 0.6) is 0 Å². The van der Waals surface area contributed by atoms with Gasteiger partial charge in [-0.1, -0.05) is 55.3 Å². The van der Waals surface area contributed by atoms with Gasteiger partial charge in [-0.3, -0.25) is 47.8 Å². The molecule has 18 nitrogen and oxygen atoms in total. The first kappa shape index (κ1) is 46.0. The van der Waals surface area contributed by atoms with Gasteiger partial charge in [0, 0.05) is 54.1 Å². The number of hydrogen-bond donors (Lipinski definition) is 5. The van der Waals surface area contributed by atoms with Crippen LogP contribution in [0.15, 0.2) is 96.6 Å². The molecule has 5 N–H and O–H groups in total. The smallest absolute Gasteiger partial charge is 0.262 e. The van der Waals surface area contributed by atoms with Crippen LogP contribution in [0.4, 0.5) is 10.8 Å². The number of thiazole rings is 1. The highest BCUT2D eigenvalue weighted by Crippen LogP contribution is 2.30. The van der Waals surface area contributed by atoms with E-state index in [4.69, 9.17) is 4.74 Å². The molecular formula is C45H46N8O10S2. The van der Waals surface area contributed by atoms with Crippen LogP contribution >= 0.6 is 11.3 Å². The molecule has 338 valence electrons. The molecule has 65 heavy (non-hydrogen) atoms. The predicted octanol–water partition coefficient (Wildman–Crippen LogP) is 4.18. The average molecular weight is 923 g/mol. The Hall–Kier alpha value is -7.03. The third-order valence-corrected chi connectivity index (χ3v) is 12.4. The third-order valence-electron chi connectivity index (χ3n) is 10.7. The van der Waals surface area contributed by atoms with Crippen LogP contribution in [0.1, 0.15) is 85.5 Å². The Kier molecular flexibility index (Phi) is 14.6. The minimum atomic E-state index is -3.63. The number of amides is 7.